The Kier molecular flexibility index (Phi) is 5.79. The number of amides is 1. The number of hydrogen-bond acceptors (Lipinski definition) is 5. The Labute approximate surface area is 179 Å². The van der Waals surface area contributed by atoms with Gasteiger partial charge in [-0.3, -0.25) is 9.59 Å². The first-order chi connectivity index (χ1) is 14.9. The lowest BCUT2D eigenvalue weighted by atomic mass is 10.0. The maximum Gasteiger partial charge on any atom is 0.256 e. The summed E-state index contributed by atoms with van der Waals surface area (Å²) in [6, 6.07) is 9.95. The molecule has 31 heavy (non-hydrogen) atoms. The standard InChI is InChI=1S/C23H24FN5O2/c1-14-15(2)26-21(28-22(14)30)16-7-8-20(25-13-16)27-17-9-11-29(12-10-17)23(31)18-5-3-4-6-19(18)24/h3-8,13,17H,9-12H2,1-2H3,(H,25,27)(H,26,28,30). The Hall–Kier alpha value is -3.55. The van der Waals surface area contributed by atoms with Gasteiger partial charge in [-0.15, -0.1) is 0 Å². The number of aromatic nitrogens is 3. The number of anilines is 1. The van der Waals surface area contributed by atoms with Crippen molar-refractivity contribution in [1.29, 1.82) is 0 Å². The summed E-state index contributed by atoms with van der Waals surface area (Å²) in [5.41, 5.74) is 1.99. The highest BCUT2D eigenvalue weighted by Gasteiger charge is 2.25. The number of benzene rings is 1. The zero-order valence-corrected chi connectivity index (χ0v) is 17.5. The number of hydrogen-bond donors (Lipinski definition) is 2. The Bertz CT molecular complexity index is 1150. The normalized spacial score (nSPS) is 14.5. The number of nitrogens with zero attached hydrogens (tertiary/aromatic N) is 3. The smallest absolute Gasteiger partial charge is 0.256 e. The number of rotatable bonds is 4. The van der Waals surface area contributed by atoms with E-state index < -0.39 is 5.82 Å². The van der Waals surface area contributed by atoms with Crippen molar-refractivity contribution in [2.75, 3.05) is 18.4 Å². The van der Waals surface area contributed by atoms with Gasteiger partial charge in [0.25, 0.3) is 11.5 Å². The van der Waals surface area contributed by atoms with Crippen molar-refractivity contribution in [3.05, 3.63) is 75.6 Å². The first kappa shape index (κ1) is 20.7. The predicted molar refractivity (Wildman–Crippen MR) is 117 cm³/mol. The van der Waals surface area contributed by atoms with Gasteiger partial charge in [-0.2, -0.15) is 0 Å². The number of carbonyl (C=O) groups is 1. The van der Waals surface area contributed by atoms with Crippen molar-refractivity contribution in [3.8, 4) is 11.4 Å². The molecule has 160 valence electrons. The molecule has 2 aromatic heterocycles. The molecule has 0 spiro atoms. The number of pyridine rings is 1. The summed E-state index contributed by atoms with van der Waals surface area (Å²) in [5.74, 6) is 0.450. The molecule has 0 saturated carbocycles. The summed E-state index contributed by atoms with van der Waals surface area (Å²) >= 11 is 0. The van der Waals surface area contributed by atoms with Crippen molar-refractivity contribution < 1.29 is 9.18 Å². The fourth-order valence-electron chi connectivity index (χ4n) is 3.64. The minimum atomic E-state index is -0.489. The van der Waals surface area contributed by atoms with Gasteiger partial charge in [-0.25, -0.2) is 14.4 Å². The number of aromatic amines is 1. The van der Waals surface area contributed by atoms with Crippen LogP contribution in [-0.4, -0.2) is 44.9 Å². The van der Waals surface area contributed by atoms with E-state index in [0.29, 0.717) is 36.0 Å². The quantitative estimate of drug-likeness (QED) is 0.675. The van der Waals surface area contributed by atoms with E-state index in [1.165, 1.54) is 12.1 Å². The molecule has 0 radical (unpaired) electrons. The van der Waals surface area contributed by atoms with Crippen LogP contribution in [0.3, 0.4) is 0 Å². The van der Waals surface area contributed by atoms with Crippen LogP contribution in [0.2, 0.25) is 0 Å². The molecule has 7 nitrogen and oxygen atoms in total. The van der Waals surface area contributed by atoms with Gasteiger partial charge in [0.15, 0.2) is 0 Å². The molecule has 1 aromatic carbocycles. The van der Waals surface area contributed by atoms with E-state index in [1.54, 1.807) is 37.1 Å². The summed E-state index contributed by atoms with van der Waals surface area (Å²) < 4.78 is 13.9. The molecule has 3 aromatic rings. The van der Waals surface area contributed by atoms with E-state index in [9.17, 15) is 14.0 Å². The highest BCUT2D eigenvalue weighted by atomic mass is 19.1. The first-order valence-electron chi connectivity index (χ1n) is 10.3. The molecule has 1 fully saturated rings. The van der Waals surface area contributed by atoms with Gasteiger partial charge < -0.3 is 15.2 Å². The van der Waals surface area contributed by atoms with Crippen LogP contribution in [-0.2, 0) is 0 Å². The minimum Gasteiger partial charge on any atom is -0.367 e. The van der Waals surface area contributed by atoms with Gasteiger partial charge in [-0.1, -0.05) is 12.1 Å². The number of carbonyl (C=O) groups excluding carboxylic acids is 1. The van der Waals surface area contributed by atoms with E-state index in [0.717, 1.165) is 18.4 Å². The third kappa shape index (κ3) is 4.47. The van der Waals surface area contributed by atoms with Gasteiger partial charge in [-0.05, 0) is 51.0 Å². The van der Waals surface area contributed by atoms with Gasteiger partial charge in [0.1, 0.15) is 17.5 Å². The Morgan fingerprint density at radius 1 is 1.16 bits per heavy atom. The molecule has 1 amide bonds. The van der Waals surface area contributed by atoms with E-state index in [2.05, 4.69) is 20.3 Å². The van der Waals surface area contributed by atoms with Gasteiger partial charge in [0.05, 0.1) is 5.56 Å². The lowest BCUT2D eigenvalue weighted by Crippen LogP contribution is -2.42. The van der Waals surface area contributed by atoms with Crippen LogP contribution in [0, 0.1) is 19.7 Å². The maximum atomic E-state index is 13.9. The van der Waals surface area contributed by atoms with E-state index >= 15 is 0 Å². The molecule has 8 heteroatoms. The van der Waals surface area contributed by atoms with Crippen molar-refractivity contribution in [2.24, 2.45) is 0 Å². The number of halogens is 1. The molecule has 2 N–H and O–H groups in total. The maximum absolute atomic E-state index is 13.9. The van der Waals surface area contributed by atoms with Crippen LogP contribution < -0.4 is 10.9 Å². The lowest BCUT2D eigenvalue weighted by molar-refractivity contribution is 0.0713. The molecule has 4 rings (SSSR count). The lowest BCUT2D eigenvalue weighted by Gasteiger charge is -2.32. The second kappa shape index (κ2) is 8.67. The monoisotopic (exact) mass is 421 g/mol. The van der Waals surface area contributed by atoms with Crippen LogP contribution in [0.5, 0.6) is 0 Å². The highest BCUT2D eigenvalue weighted by Crippen LogP contribution is 2.20. The number of H-pyrrole nitrogens is 1. The Balaban J connectivity index is 1.36. The molecular weight excluding hydrogens is 397 g/mol. The zero-order valence-electron chi connectivity index (χ0n) is 17.5. The zero-order chi connectivity index (χ0) is 22.0. The van der Waals surface area contributed by atoms with Gasteiger partial charge >= 0.3 is 0 Å². The minimum absolute atomic E-state index is 0.115. The van der Waals surface area contributed by atoms with Gasteiger partial charge in [0.2, 0.25) is 0 Å². The average molecular weight is 421 g/mol. The fourth-order valence-corrected chi connectivity index (χ4v) is 3.64. The predicted octanol–water partition coefficient (Wildman–Crippen LogP) is 3.30. The number of nitrogens with one attached hydrogen (secondary N) is 2. The Morgan fingerprint density at radius 2 is 1.90 bits per heavy atom. The Morgan fingerprint density at radius 3 is 2.55 bits per heavy atom. The van der Waals surface area contributed by atoms with Crippen molar-refractivity contribution in [2.45, 2.75) is 32.7 Å². The molecule has 3 heterocycles. The van der Waals surface area contributed by atoms with Crippen LogP contribution >= 0.6 is 0 Å². The largest absolute Gasteiger partial charge is 0.367 e. The van der Waals surface area contributed by atoms with Crippen LogP contribution in [0.4, 0.5) is 10.2 Å². The molecule has 1 aliphatic rings. The number of piperidine rings is 1. The van der Waals surface area contributed by atoms with Crippen molar-refractivity contribution in [1.82, 2.24) is 19.9 Å². The van der Waals surface area contributed by atoms with Crippen LogP contribution in [0.25, 0.3) is 11.4 Å². The van der Waals surface area contributed by atoms with Crippen LogP contribution in [0.15, 0.2) is 47.4 Å². The van der Waals surface area contributed by atoms with Crippen molar-refractivity contribution >= 4 is 11.7 Å². The molecule has 0 unspecified atom stereocenters. The molecule has 0 bridgehead atoms. The summed E-state index contributed by atoms with van der Waals surface area (Å²) in [6.07, 6.45) is 3.16. The van der Waals surface area contributed by atoms with E-state index in [-0.39, 0.29) is 23.1 Å². The van der Waals surface area contributed by atoms with Crippen molar-refractivity contribution in [3.63, 3.8) is 0 Å². The molecular formula is C23H24FN5O2. The molecule has 0 atom stereocenters. The number of likely N-dealkylation sites (tertiary alicyclic amines) is 1. The van der Waals surface area contributed by atoms with E-state index in [4.69, 9.17) is 0 Å². The molecule has 0 aliphatic carbocycles. The number of aryl methyl sites for hydroxylation is 1. The highest BCUT2D eigenvalue weighted by molar-refractivity contribution is 5.94. The topological polar surface area (TPSA) is 91.0 Å². The second-order valence-electron chi connectivity index (χ2n) is 7.75. The first-order valence-corrected chi connectivity index (χ1v) is 10.3. The van der Waals surface area contributed by atoms with Gasteiger partial charge in [0, 0.05) is 42.1 Å². The van der Waals surface area contributed by atoms with Crippen LogP contribution in [0.1, 0.15) is 34.5 Å². The summed E-state index contributed by atoms with van der Waals surface area (Å²) in [7, 11) is 0. The average Bonchev–Trinajstić information content (AvgIpc) is 2.78. The van der Waals surface area contributed by atoms with E-state index in [1.807, 2.05) is 12.1 Å². The molecule has 1 saturated heterocycles. The SMILES string of the molecule is Cc1nc(-c2ccc(NC3CCN(C(=O)c4ccccc4F)CC3)nc2)[nH]c(=O)c1C. The summed E-state index contributed by atoms with van der Waals surface area (Å²) in [4.78, 5) is 37.8. The summed E-state index contributed by atoms with van der Waals surface area (Å²) in [5, 5.41) is 3.39. The second-order valence-corrected chi connectivity index (χ2v) is 7.75. The third-order valence-corrected chi connectivity index (χ3v) is 5.67. The molecule has 1 aliphatic heterocycles. The summed E-state index contributed by atoms with van der Waals surface area (Å²) in [6.45, 7) is 4.65. The third-order valence-electron chi connectivity index (χ3n) is 5.67. The fraction of sp³-hybridized carbons (Fsp3) is 0.304.